The summed E-state index contributed by atoms with van der Waals surface area (Å²) in [7, 11) is 0. The molecule has 3 aromatic rings. The molecule has 0 bridgehead atoms. The third kappa shape index (κ3) is 4.32. The van der Waals surface area contributed by atoms with Crippen molar-refractivity contribution >= 4 is 46.3 Å². The summed E-state index contributed by atoms with van der Waals surface area (Å²) >= 11 is 1.38. The summed E-state index contributed by atoms with van der Waals surface area (Å²) < 4.78 is 5.22. The van der Waals surface area contributed by atoms with E-state index in [4.69, 9.17) is 4.42 Å². The number of aliphatic imine (C=N–C) groups is 1. The molecule has 31 heavy (non-hydrogen) atoms. The van der Waals surface area contributed by atoms with Crippen LogP contribution in [-0.4, -0.2) is 60.2 Å². The molecule has 12 heteroatoms. The molecule has 1 aromatic carbocycles. The molecule has 0 saturated carbocycles. The van der Waals surface area contributed by atoms with Crippen molar-refractivity contribution in [1.82, 2.24) is 15.5 Å². The van der Waals surface area contributed by atoms with E-state index in [9.17, 15) is 10.1 Å². The largest absolute Gasteiger partial charge is 0.433 e. The number of hydrogen-bond donors (Lipinski definition) is 1. The number of nitro groups is 1. The molecule has 1 saturated heterocycles. The van der Waals surface area contributed by atoms with Crippen molar-refractivity contribution in [1.29, 1.82) is 0 Å². The Kier molecular flexibility index (Phi) is 6.05. The van der Waals surface area contributed by atoms with E-state index >= 15 is 0 Å². The molecule has 0 spiro atoms. The Hall–Kier alpha value is -3.18. The molecule has 5 rings (SSSR count). The normalized spacial score (nSPS) is 15.9. The van der Waals surface area contributed by atoms with Crippen molar-refractivity contribution in [2.24, 2.45) is 4.99 Å². The Morgan fingerprint density at radius 3 is 2.42 bits per heavy atom. The Labute approximate surface area is 188 Å². The van der Waals surface area contributed by atoms with Crippen LogP contribution in [0.4, 0.5) is 16.7 Å². The molecule has 162 valence electrons. The molecule has 1 fully saturated rings. The number of furan rings is 1. The molecule has 4 heterocycles. The minimum absolute atomic E-state index is 0. The van der Waals surface area contributed by atoms with Crippen molar-refractivity contribution in [3.63, 3.8) is 0 Å². The number of aromatic nitrogens is 2. The quantitative estimate of drug-likeness (QED) is 0.456. The van der Waals surface area contributed by atoms with Crippen molar-refractivity contribution < 1.29 is 9.34 Å². The third-order valence-electron chi connectivity index (χ3n) is 5.13. The molecule has 0 atom stereocenters. The van der Waals surface area contributed by atoms with Crippen molar-refractivity contribution in [2.45, 2.75) is 0 Å². The first kappa shape index (κ1) is 21.1. The second-order valence-corrected chi connectivity index (χ2v) is 7.92. The molecule has 2 aliphatic rings. The summed E-state index contributed by atoms with van der Waals surface area (Å²) in [4.78, 5) is 19.2. The van der Waals surface area contributed by atoms with Gasteiger partial charge in [0.25, 0.3) is 0 Å². The molecule has 0 unspecified atom stereocenters. The second kappa shape index (κ2) is 8.90. The molecule has 10 nitrogen and oxygen atoms in total. The van der Waals surface area contributed by atoms with E-state index in [1.165, 1.54) is 23.1 Å². The summed E-state index contributed by atoms with van der Waals surface area (Å²) in [6.45, 7) is 5.14. The van der Waals surface area contributed by atoms with Gasteiger partial charge in [0.1, 0.15) is 10.8 Å². The Balaban J connectivity index is 0.00000231. The van der Waals surface area contributed by atoms with Crippen molar-refractivity contribution in [3.05, 3.63) is 52.1 Å². The van der Waals surface area contributed by atoms with Gasteiger partial charge in [-0.25, -0.2) is 0 Å². The van der Waals surface area contributed by atoms with E-state index in [1.807, 2.05) is 0 Å². The summed E-state index contributed by atoms with van der Waals surface area (Å²) in [5.41, 5.74) is 2.31. The van der Waals surface area contributed by atoms with Crippen LogP contribution < -0.4 is 15.1 Å². The highest BCUT2D eigenvalue weighted by atomic mass is 35.5. The molecule has 0 aliphatic carbocycles. The van der Waals surface area contributed by atoms with Gasteiger partial charge in [-0.05, 0) is 30.3 Å². The number of piperazine rings is 1. The standard InChI is InChI=1S/C19H19N7O3S.ClH/c27-26(28)16-6-5-15(29-16)18-22-23-19(30-18)25-11-9-24(10-12-25)14-3-1-13(2-4-14)17-20-7-8-21-17;/h1-6H,7-12H2,(H,20,21);1H. The third-order valence-corrected chi connectivity index (χ3v) is 6.13. The topological polar surface area (TPSA) is 113 Å². The van der Waals surface area contributed by atoms with Crippen LogP contribution in [0.5, 0.6) is 0 Å². The van der Waals surface area contributed by atoms with Crippen LogP contribution in [0.15, 0.2) is 45.8 Å². The maximum atomic E-state index is 10.8. The van der Waals surface area contributed by atoms with Crippen LogP contribution >= 0.6 is 23.7 Å². The van der Waals surface area contributed by atoms with E-state index in [1.54, 1.807) is 6.07 Å². The van der Waals surface area contributed by atoms with Crippen LogP contribution in [0, 0.1) is 10.1 Å². The predicted molar refractivity (Wildman–Crippen MR) is 122 cm³/mol. The van der Waals surface area contributed by atoms with E-state index in [2.05, 4.69) is 54.6 Å². The van der Waals surface area contributed by atoms with E-state index in [0.29, 0.717) is 10.8 Å². The van der Waals surface area contributed by atoms with Gasteiger partial charge >= 0.3 is 5.88 Å². The molecule has 1 N–H and O–H groups in total. The number of benzene rings is 1. The van der Waals surface area contributed by atoms with Crippen molar-refractivity contribution in [3.8, 4) is 10.8 Å². The van der Waals surface area contributed by atoms with E-state index in [0.717, 1.165) is 55.8 Å². The van der Waals surface area contributed by atoms with Gasteiger partial charge in [-0.1, -0.05) is 11.3 Å². The smallest absolute Gasteiger partial charge is 0.398 e. The van der Waals surface area contributed by atoms with E-state index < -0.39 is 4.92 Å². The Morgan fingerprint density at radius 2 is 1.77 bits per heavy atom. The monoisotopic (exact) mass is 461 g/mol. The highest BCUT2D eigenvalue weighted by Crippen LogP contribution is 2.32. The lowest BCUT2D eigenvalue weighted by Crippen LogP contribution is -2.46. The lowest BCUT2D eigenvalue weighted by Gasteiger charge is -2.35. The van der Waals surface area contributed by atoms with Gasteiger partial charge in [0.2, 0.25) is 5.13 Å². The molecule has 2 aliphatic heterocycles. The lowest BCUT2D eigenvalue weighted by atomic mass is 10.1. The van der Waals surface area contributed by atoms with Gasteiger partial charge in [-0.15, -0.1) is 22.6 Å². The minimum atomic E-state index is -0.561. The first-order chi connectivity index (χ1) is 14.7. The number of hydrogen-bond acceptors (Lipinski definition) is 10. The molecule has 0 radical (unpaired) electrons. The zero-order valence-corrected chi connectivity index (χ0v) is 18.1. The summed E-state index contributed by atoms with van der Waals surface area (Å²) in [5, 5.41) is 23.8. The van der Waals surface area contributed by atoms with Gasteiger partial charge in [0, 0.05) is 44.0 Å². The van der Waals surface area contributed by atoms with Crippen LogP contribution in [0.25, 0.3) is 10.8 Å². The SMILES string of the molecule is Cl.O=[N+]([O-])c1ccc(-c2nnc(N3CCN(c4ccc(C5=NCCN5)cc4)CC3)s2)o1. The number of nitrogens with one attached hydrogen (secondary N) is 1. The number of nitrogens with zero attached hydrogens (tertiary/aromatic N) is 6. The van der Waals surface area contributed by atoms with Crippen LogP contribution in [-0.2, 0) is 0 Å². The van der Waals surface area contributed by atoms with Crippen molar-refractivity contribution in [2.75, 3.05) is 49.1 Å². The van der Waals surface area contributed by atoms with Gasteiger partial charge in [-0.2, -0.15) is 0 Å². The maximum Gasteiger partial charge on any atom is 0.433 e. The first-order valence-electron chi connectivity index (χ1n) is 9.64. The summed E-state index contributed by atoms with van der Waals surface area (Å²) in [6, 6.07) is 11.4. The fourth-order valence-corrected chi connectivity index (χ4v) is 4.42. The maximum absolute atomic E-state index is 10.8. The second-order valence-electron chi connectivity index (χ2n) is 6.96. The number of rotatable bonds is 5. The zero-order chi connectivity index (χ0) is 20.5. The Bertz CT molecular complexity index is 1090. The molecular weight excluding hydrogens is 442 g/mol. The van der Waals surface area contributed by atoms with Crippen LogP contribution in [0.2, 0.25) is 0 Å². The number of anilines is 2. The summed E-state index contributed by atoms with van der Waals surface area (Å²) in [5.74, 6) is 1.04. The van der Waals surface area contributed by atoms with Crippen LogP contribution in [0.1, 0.15) is 5.56 Å². The molecule has 0 amide bonds. The Morgan fingerprint density at radius 1 is 1.03 bits per heavy atom. The van der Waals surface area contributed by atoms with E-state index in [-0.39, 0.29) is 18.3 Å². The number of amidine groups is 1. The average Bonchev–Trinajstić information content (AvgIpc) is 3.55. The fourth-order valence-electron chi connectivity index (χ4n) is 3.56. The average molecular weight is 462 g/mol. The number of halogens is 1. The summed E-state index contributed by atoms with van der Waals surface area (Å²) in [6.07, 6.45) is 0. The highest BCUT2D eigenvalue weighted by molar-refractivity contribution is 7.18. The van der Waals surface area contributed by atoms with Gasteiger partial charge in [0.05, 0.1) is 12.6 Å². The first-order valence-corrected chi connectivity index (χ1v) is 10.5. The predicted octanol–water partition coefficient (Wildman–Crippen LogP) is 2.80. The molecular formula is C19H20ClN7O3S. The van der Waals surface area contributed by atoms with Gasteiger partial charge in [0.15, 0.2) is 10.8 Å². The van der Waals surface area contributed by atoms with Gasteiger partial charge in [-0.3, -0.25) is 15.1 Å². The lowest BCUT2D eigenvalue weighted by molar-refractivity contribution is -0.401. The van der Waals surface area contributed by atoms with Crippen LogP contribution in [0.3, 0.4) is 0 Å². The minimum Gasteiger partial charge on any atom is -0.398 e. The molecule has 2 aromatic heterocycles. The van der Waals surface area contributed by atoms with Gasteiger partial charge < -0.3 is 19.5 Å². The fraction of sp³-hybridized carbons (Fsp3) is 0.316. The zero-order valence-electron chi connectivity index (χ0n) is 16.4. The highest BCUT2D eigenvalue weighted by Gasteiger charge is 2.22.